The van der Waals surface area contributed by atoms with Gasteiger partial charge in [0.25, 0.3) is 0 Å². The van der Waals surface area contributed by atoms with Crippen LogP contribution in [0.5, 0.6) is 5.75 Å². The van der Waals surface area contributed by atoms with Gasteiger partial charge in [0.15, 0.2) is 5.13 Å². The number of rotatable bonds is 17. The van der Waals surface area contributed by atoms with Crippen molar-refractivity contribution >= 4 is 63.4 Å². The number of carbonyl (C=O) groups is 4. The fourth-order valence-corrected chi connectivity index (χ4v) is 11.1. The summed E-state index contributed by atoms with van der Waals surface area (Å²) in [7, 11) is 0. The number of hydrogen-bond acceptors (Lipinski definition) is 13. The minimum atomic E-state index is -4.25. The Kier molecular flexibility index (Phi) is 14.3. The molecule has 1 aromatic carbocycles. The summed E-state index contributed by atoms with van der Waals surface area (Å²) in [6, 6.07) is 0.779. The van der Waals surface area contributed by atoms with Crippen molar-refractivity contribution in [2.45, 2.75) is 115 Å². The van der Waals surface area contributed by atoms with Crippen molar-refractivity contribution in [3.63, 3.8) is 0 Å². The number of anilines is 2. The van der Waals surface area contributed by atoms with Crippen molar-refractivity contribution in [2.75, 3.05) is 63.1 Å². The minimum absolute atomic E-state index is 0.0124. The van der Waals surface area contributed by atoms with Crippen LogP contribution in [0.2, 0.25) is 5.02 Å². The molecule has 2 aromatic rings. The second-order valence-corrected chi connectivity index (χ2v) is 21.6. The summed E-state index contributed by atoms with van der Waals surface area (Å²) < 4.78 is 57.6. The van der Waals surface area contributed by atoms with Gasteiger partial charge < -0.3 is 45.5 Å². The van der Waals surface area contributed by atoms with Gasteiger partial charge in [-0.15, -0.1) is 17.9 Å². The highest BCUT2D eigenvalue weighted by Crippen LogP contribution is 2.53. The average Bonchev–Trinajstić information content (AvgIpc) is 3.93. The van der Waals surface area contributed by atoms with Crippen molar-refractivity contribution < 1.29 is 51.7 Å². The molecule has 8 rings (SSSR count). The first kappa shape index (κ1) is 49.6. The molecule has 2 saturated heterocycles. The molecule has 21 heteroatoms. The Balaban J connectivity index is 1.03. The van der Waals surface area contributed by atoms with E-state index in [1.54, 1.807) is 32.9 Å². The predicted octanol–water partition coefficient (Wildman–Crippen LogP) is 6.75. The zero-order chi connectivity index (χ0) is 48.9. The summed E-state index contributed by atoms with van der Waals surface area (Å²) in [5, 5.41) is 25.4. The molecule has 3 amide bonds. The molecule has 3 aliphatic carbocycles. The van der Waals surface area contributed by atoms with Crippen LogP contribution in [0.1, 0.15) is 84.0 Å². The van der Waals surface area contributed by atoms with E-state index in [2.05, 4.69) is 27.8 Å². The first-order valence-corrected chi connectivity index (χ1v) is 24.7. The van der Waals surface area contributed by atoms with Crippen molar-refractivity contribution in [2.24, 2.45) is 23.2 Å². The lowest BCUT2D eigenvalue weighted by molar-refractivity contribution is -0.149. The van der Waals surface area contributed by atoms with E-state index in [-0.39, 0.29) is 43.2 Å². The third-order valence-electron chi connectivity index (χ3n) is 13.8. The number of likely N-dealkylation sites (tertiary alicyclic amines) is 1. The molecule has 1 unspecified atom stereocenters. The molecule has 4 heterocycles. The van der Waals surface area contributed by atoms with Gasteiger partial charge in [0.1, 0.15) is 53.0 Å². The number of hydrogen-bond donors (Lipinski definition) is 5. The van der Waals surface area contributed by atoms with E-state index in [1.807, 2.05) is 30.2 Å². The number of aromatic nitrogens is 1. The predicted molar refractivity (Wildman–Crippen MR) is 250 cm³/mol. The van der Waals surface area contributed by atoms with Gasteiger partial charge in [0, 0.05) is 62.0 Å². The average molecular weight is 992 g/mol. The highest BCUT2D eigenvalue weighted by Gasteiger charge is 2.61. The van der Waals surface area contributed by atoms with E-state index in [9.17, 15) is 37.5 Å². The molecule has 1 aromatic heterocycles. The molecule has 0 bridgehead atoms. The molecule has 5 fully saturated rings. The number of piperazine rings is 1. The first-order chi connectivity index (χ1) is 32.1. The highest BCUT2D eigenvalue weighted by molar-refractivity contribution is 7.13. The molecular weight excluding hydrogens is 929 g/mol. The largest absolute Gasteiger partial charge is 0.491 e. The number of amides is 3. The number of nitrogens with zero attached hydrogens (tertiary/aromatic N) is 4. The van der Waals surface area contributed by atoms with Crippen molar-refractivity contribution in [1.29, 1.82) is 0 Å². The quantitative estimate of drug-likeness (QED) is 0.105. The van der Waals surface area contributed by atoms with E-state index >= 15 is 0 Å². The van der Waals surface area contributed by atoms with Crippen LogP contribution in [0.4, 0.5) is 28.8 Å². The Morgan fingerprint density at radius 3 is 2.40 bits per heavy atom. The Bertz CT molecular complexity index is 2270. The maximum absolute atomic E-state index is 14.8. The fourth-order valence-electron chi connectivity index (χ4n) is 9.91. The van der Waals surface area contributed by atoms with Crippen LogP contribution in [0.25, 0.3) is 5.76 Å². The molecule has 3 aliphatic heterocycles. The number of aliphatic carboxylic acids is 1. The second kappa shape index (κ2) is 19.5. The normalized spacial score (nSPS) is 28.4. The van der Waals surface area contributed by atoms with Crippen molar-refractivity contribution in [3.05, 3.63) is 52.5 Å². The number of benzene rings is 1. The van der Waals surface area contributed by atoms with Crippen LogP contribution in [-0.4, -0.2) is 143 Å². The number of fused-ring (bicyclic) bond motifs is 2. The number of alkyl carbamates (subject to hydrolysis) is 1. The summed E-state index contributed by atoms with van der Waals surface area (Å²) in [6.45, 7) is 14.4. The van der Waals surface area contributed by atoms with Crippen LogP contribution in [0.15, 0.2) is 36.2 Å². The third kappa shape index (κ3) is 11.3. The Morgan fingerprint density at radius 1 is 1.06 bits per heavy atom. The monoisotopic (exact) mass is 990 g/mol. The number of nitrogens with one attached hydrogen (secondary N) is 4. The number of carboxylic acids is 1. The molecule has 0 radical (unpaired) electrons. The van der Waals surface area contributed by atoms with Crippen LogP contribution < -0.4 is 26.0 Å². The van der Waals surface area contributed by atoms with Crippen LogP contribution in [0, 0.1) is 23.2 Å². The summed E-state index contributed by atoms with van der Waals surface area (Å²) in [6.07, 6.45) is 0.234. The van der Waals surface area contributed by atoms with Gasteiger partial charge in [-0.05, 0) is 75.0 Å². The molecule has 372 valence electrons. The summed E-state index contributed by atoms with van der Waals surface area (Å²) in [5.74, 6) is -1.02. The molecule has 0 spiro atoms. The van der Waals surface area contributed by atoms with E-state index in [1.165, 1.54) is 27.2 Å². The zero-order valence-corrected chi connectivity index (χ0v) is 40.6. The minimum Gasteiger partial charge on any atom is -0.491 e. The molecule has 9 atom stereocenters. The van der Waals surface area contributed by atoms with Gasteiger partial charge in [-0.1, -0.05) is 38.4 Å². The Labute approximate surface area is 403 Å². The lowest BCUT2D eigenvalue weighted by atomic mass is 9.85. The number of halogens is 4. The molecule has 5 N–H and O–H groups in total. The molecule has 3 saturated carbocycles. The van der Waals surface area contributed by atoms with Gasteiger partial charge >= 0.3 is 18.2 Å². The number of ether oxygens (including phenoxy) is 3. The SMILES string of the molecule is C=C[C@@H]1C[C@]1(NC(=O)[C@@H]1C[C@@H](OC2=CC(c3csc(NC(C)C)n3)Nc3c2ccc(OCCN2CCN(CC(F)(F)F)CC2)c3Cl)CN1C(=O)[C@@H](NC(=O)O[C@@H]1C[C@@H]2C[C@@H]2C1)C(C)(C)C)C(=O)O. The number of carbonyl (C=O) groups excluding carboxylic acids is 3. The molecule has 68 heavy (non-hydrogen) atoms. The Hall–Kier alpha value is -4.79. The smallest absolute Gasteiger partial charge is 0.408 e. The number of thiazole rings is 1. The van der Waals surface area contributed by atoms with Gasteiger partial charge in [-0.3, -0.25) is 19.4 Å². The first-order valence-electron chi connectivity index (χ1n) is 23.4. The molecule has 6 aliphatic rings. The topological polar surface area (TPSA) is 187 Å². The van der Waals surface area contributed by atoms with Crippen LogP contribution in [0.3, 0.4) is 0 Å². The maximum Gasteiger partial charge on any atom is 0.408 e. The number of alkyl halides is 3. The third-order valence-corrected chi connectivity index (χ3v) is 15.0. The maximum atomic E-state index is 14.8. The van der Waals surface area contributed by atoms with Gasteiger partial charge in [0.2, 0.25) is 11.8 Å². The lowest BCUT2D eigenvalue weighted by Crippen LogP contribution is -2.59. The standard InChI is InChI=1S/C47H62ClF3N8O8S/c1-7-28-21-46(28,42(62)63)56-40(60)34-19-30(22-59(34)41(61)39(45(4,5)6)55-44(64)67-29-17-26-16-27(26)18-29)66-36-20-32(33-23-68-43(54-33)52-25(2)3)53-38-31(36)8-9-35(37(38)48)65-15-14-57-10-12-58(13-11-57)24-47(49,50)51/h7-9,20,23,25-30,32,34,39,53H,1,10-19,21-22,24H2,2-6H3,(H,52,54)(H,55,64)(H,56,60)(H,62,63)/t26-,27+,28-,29+,30-,32?,34+,39-,46-/m1/s1. The summed E-state index contributed by atoms with van der Waals surface area (Å²) >= 11 is 8.56. The fraction of sp³-hybridized carbons (Fsp3) is 0.638. The summed E-state index contributed by atoms with van der Waals surface area (Å²) in [5.41, 5.74) is -0.676. The molecular formula is C47H62ClF3N8O8S. The van der Waals surface area contributed by atoms with Crippen LogP contribution in [-0.2, 0) is 23.9 Å². The van der Waals surface area contributed by atoms with Gasteiger partial charge in [-0.2, -0.15) is 13.2 Å². The van der Waals surface area contributed by atoms with E-state index in [4.69, 9.17) is 30.8 Å². The van der Waals surface area contributed by atoms with Gasteiger partial charge in [-0.25, -0.2) is 14.6 Å². The van der Waals surface area contributed by atoms with Crippen LogP contribution >= 0.6 is 22.9 Å². The summed E-state index contributed by atoms with van der Waals surface area (Å²) in [4.78, 5) is 64.7. The molecule has 16 nitrogen and oxygen atoms in total. The van der Waals surface area contributed by atoms with E-state index < -0.39 is 77.7 Å². The number of carboxylic acid groups (broad SMARTS) is 1. The van der Waals surface area contributed by atoms with Gasteiger partial charge in [0.05, 0.1) is 30.5 Å². The zero-order valence-electron chi connectivity index (χ0n) is 39.0. The van der Waals surface area contributed by atoms with E-state index in [0.29, 0.717) is 78.1 Å². The highest BCUT2D eigenvalue weighted by atomic mass is 35.5. The van der Waals surface area contributed by atoms with Crippen molar-refractivity contribution in [1.82, 2.24) is 30.3 Å². The lowest BCUT2D eigenvalue weighted by Gasteiger charge is -2.35. The van der Waals surface area contributed by atoms with E-state index in [0.717, 1.165) is 19.3 Å². The Morgan fingerprint density at radius 2 is 1.76 bits per heavy atom. The van der Waals surface area contributed by atoms with Crippen molar-refractivity contribution in [3.8, 4) is 5.75 Å². The second-order valence-electron chi connectivity index (χ2n) is 20.4.